The number of thiophene rings is 1. The average molecular weight is 577 g/mol. The summed E-state index contributed by atoms with van der Waals surface area (Å²) in [6, 6.07) is 5.02. The lowest BCUT2D eigenvalue weighted by atomic mass is 10.1. The number of hydrogen-bond acceptors (Lipinski definition) is 8. The van der Waals surface area contributed by atoms with Gasteiger partial charge in [-0.25, -0.2) is 9.78 Å². The maximum absolute atomic E-state index is 13.4. The van der Waals surface area contributed by atoms with Gasteiger partial charge in [0.2, 0.25) is 5.91 Å². The molecule has 1 aliphatic rings. The molecule has 9 nitrogen and oxygen atoms in total. The zero-order chi connectivity index (χ0) is 27.6. The number of aromatic nitrogens is 2. The molecule has 0 radical (unpaired) electrons. The lowest BCUT2D eigenvalue weighted by Crippen LogP contribution is -2.27. The Hall–Kier alpha value is -2.89. The molecule has 2 aromatic heterocycles. The van der Waals surface area contributed by atoms with Crippen LogP contribution in [0.25, 0.3) is 10.9 Å². The van der Waals surface area contributed by atoms with Crippen molar-refractivity contribution in [2.24, 2.45) is 0 Å². The van der Waals surface area contributed by atoms with E-state index < -0.39 is 11.9 Å². The molecule has 1 N–H and O–H groups in total. The van der Waals surface area contributed by atoms with Crippen LogP contribution in [0.5, 0.6) is 0 Å². The Labute approximate surface area is 233 Å². The molecule has 0 atom stereocenters. The predicted octanol–water partition coefficient (Wildman–Crippen LogP) is 5.14. The molecule has 0 unspecified atom stereocenters. The zero-order valence-corrected chi connectivity index (χ0v) is 24.0. The Bertz CT molecular complexity index is 1460. The first kappa shape index (κ1) is 28.1. The molecular formula is C26H29ClN4O5S2. The third-order valence-corrected chi connectivity index (χ3v) is 8.72. The van der Waals surface area contributed by atoms with E-state index in [0.29, 0.717) is 31.5 Å². The number of nitrogens with one attached hydrogen (secondary N) is 1. The lowest BCUT2D eigenvalue weighted by Gasteiger charge is -2.18. The van der Waals surface area contributed by atoms with Gasteiger partial charge in [-0.15, -0.1) is 11.3 Å². The SMILES string of the molecule is CCOC(=O)c1c(NC(=O)CSc2nc3cc(Cl)ccc3c(=O)n2C2CCCC2)sc(C(=O)N(C)C)c1C. The Morgan fingerprint density at radius 1 is 1.26 bits per heavy atom. The molecule has 1 aromatic carbocycles. The second-order valence-corrected chi connectivity index (χ2v) is 11.6. The number of ether oxygens (including phenoxy) is 1. The third-order valence-electron chi connectivity index (χ3n) is 6.33. The summed E-state index contributed by atoms with van der Waals surface area (Å²) in [5.41, 5.74) is 0.955. The number of thioether (sulfide) groups is 1. The van der Waals surface area contributed by atoms with Gasteiger partial charge in [-0.1, -0.05) is 36.2 Å². The number of fused-ring (bicyclic) bond motifs is 1. The largest absolute Gasteiger partial charge is 0.462 e. The van der Waals surface area contributed by atoms with E-state index in [4.69, 9.17) is 21.3 Å². The Morgan fingerprint density at radius 3 is 2.63 bits per heavy atom. The number of hydrogen-bond donors (Lipinski definition) is 1. The number of rotatable bonds is 8. The van der Waals surface area contributed by atoms with Gasteiger partial charge in [0, 0.05) is 25.2 Å². The van der Waals surface area contributed by atoms with Crippen LogP contribution in [0, 0.1) is 6.92 Å². The topological polar surface area (TPSA) is 111 Å². The van der Waals surface area contributed by atoms with Gasteiger partial charge in [-0.05, 0) is 50.5 Å². The van der Waals surface area contributed by atoms with Crippen molar-refractivity contribution in [2.45, 2.75) is 50.7 Å². The summed E-state index contributed by atoms with van der Waals surface area (Å²) in [6.07, 6.45) is 3.81. The minimum atomic E-state index is -0.606. The van der Waals surface area contributed by atoms with Crippen molar-refractivity contribution in [3.8, 4) is 0 Å². The molecule has 0 spiro atoms. The van der Waals surface area contributed by atoms with Gasteiger partial charge in [0.25, 0.3) is 11.5 Å². The number of carbonyl (C=O) groups is 3. The molecule has 2 amide bonds. The maximum Gasteiger partial charge on any atom is 0.341 e. The fourth-order valence-electron chi connectivity index (χ4n) is 4.49. The molecule has 4 rings (SSSR count). The summed E-state index contributed by atoms with van der Waals surface area (Å²) in [7, 11) is 3.24. The molecular weight excluding hydrogens is 548 g/mol. The molecule has 1 fully saturated rings. The van der Waals surface area contributed by atoms with E-state index >= 15 is 0 Å². The minimum absolute atomic E-state index is 0.0237. The summed E-state index contributed by atoms with van der Waals surface area (Å²) in [5, 5.41) is 4.44. The van der Waals surface area contributed by atoms with Gasteiger partial charge >= 0.3 is 5.97 Å². The molecule has 3 aromatic rings. The number of esters is 1. The molecule has 1 saturated carbocycles. The highest BCUT2D eigenvalue weighted by molar-refractivity contribution is 7.99. The number of carbonyl (C=O) groups excluding carboxylic acids is 3. The molecule has 202 valence electrons. The van der Waals surface area contributed by atoms with Crippen molar-refractivity contribution in [1.82, 2.24) is 14.5 Å². The van der Waals surface area contributed by atoms with Crippen LogP contribution in [0.1, 0.15) is 64.2 Å². The summed E-state index contributed by atoms with van der Waals surface area (Å²) in [5.74, 6) is -1.33. The number of benzene rings is 1. The molecule has 38 heavy (non-hydrogen) atoms. The van der Waals surface area contributed by atoms with Crippen molar-refractivity contribution < 1.29 is 19.1 Å². The van der Waals surface area contributed by atoms with Crippen LogP contribution in [0.3, 0.4) is 0 Å². The standard InChI is InChI=1S/C26H29ClN4O5S2/c1-5-36-25(35)20-14(2)21(24(34)30(3)4)38-22(20)29-19(32)13-37-26-28-18-12-15(27)10-11-17(18)23(33)31(26)16-8-6-7-9-16/h10-12,16H,5-9,13H2,1-4H3,(H,29,32). The Morgan fingerprint density at radius 2 is 1.97 bits per heavy atom. The quantitative estimate of drug-likeness (QED) is 0.224. The van der Waals surface area contributed by atoms with Crippen LogP contribution in [-0.2, 0) is 9.53 Å². The van der Waals surface area contributed by atoms with Crippen molar-refractivity contribution in [3.63, 3.8) is 0 Å². The normalized spacial score (nSPS) is 13.6. The van der Waals surface area contributed by atoms with Gasteiger partial charge in [-0.3, -0.25) is 19.0 Å². The molecule has 2 heterocycles. The predicted molar refractivity (Wildman–Crippen MR) is 151 cm³/mol. The monoisotopic (exact) mass is 576 g/mol. The van der Waals surface area contributed by atoms with E-state index in [2.05, 4.69) is 5.32 Å². The summed E-state index contributed by atoms with van der Waals surface area (Å²) < 4.78 is 6.88. The van der Waals surface area contributed by atoms with Crippen LogP contribution in [-0.4, -0.2) is 58.7 Å². The fourth-order valence-corrected chi connectivity index (χ4v) is 6.75. The van der Waals surface area contributed by atoms with Crippen LogP contribution < -0.4 is 10.9 Å². The molecule has 0 saturated heterocycles. The van der Waals surface area contributed by atoms with Crippen LogP contribution in [0.4, 0.5) is 5.00 Å². The van der Waals surface area contributed by atoms with Crippen molar-refractivity contribution in [2.75, 3.05) is 31.8 Å². The highest BCUT2D eigenvalue weighted by Crippen LogP contribution is 2.35. The highest BCUT2D eigenvalue weighted by Gasteiger charge is 2.28. The van der Waals surface area contributed by atoms with Gasteiger partial charge in [-0.2, -0.15) is 0 Å². The maximum atomic E-state index is 13.4. The molecule has 0 bridgehead atoms. The van der Waals surface area contributed by atoms with Crippen LogP contribution in [0.2, 0.25) is 5.02 Å². The van der Waals surface area contributed by atoms with Crippen LogP contribution >= 0.6 is 34.7 Å². The van der Waals surface area contributed by atoms with E-state index in [1.807, 2.05) is 0 Å². The van der Waals surface area contributed by atoms with Crippen LogP contribution in [0.15, 0.2) is 28.2 Å². The number of anilines is 1. The first-order valence-corrected chi connectivity index (χ1v) is 14.5. The first-order chi connectivity index (χ1) is 18.1. The number of nitrogens with zero attached hydrogens (tertiary/aromatic N) is 3. The average Bonchev–Trinajstić information content (AvgIpc) is 3.50. The van der Waals surface area contributed by atoms with E-state index in [1.54, 1.807) is 50.7 Å². The zero-order valence-electron chi connectivity index (χ0n) is 21.6. The van der Waals surface area contributed by atoms with E-state index in [1.165, 1.54) is 4.90 Å². The van der Waals surface area contributed by atoms with Gasteiger partial charge in [0.05, 0.1) is 33.7 Å². The van der Waals surface area contributed by atoms with Crippen molar-refractivity contribution in [3.05, 3.63) is 49.6 Å². The highest BCUT2D eigenvalue weighted by atomic mass is 35.5. The second kappa shape index (κ2) is 11.9. The van der Waals surface area contributed by atoms with E-state index in [-0.39, 0.29) is 40.4 Å². The first-order valence-electron chi connectivity index (χ1n) is 12.3. The Kier molecular flexibility index (Phi) is 8.79. The molecule has 1 aliphatic carbocycles. The van der Waals surface area contributed by atoms with Crippen molar-refractivity contribution in [1.29, 1.82) is 0 Å². The van der Waals surface area contributed by atoms with Gasteiger partial charge in [0.15, 0.2) is 5.16 Å². The third kappa shape index (κ3) is 5.74. The fraction of sp³-hybridized carbons (Fsp3) is 0.423. The van der Waals surface area contributed by atoms with Gasteiger partial charge < -0.3 is 15.0 Å². The second-order valence-electron chi connectivity index (χ2n) is 9.19. The summed E-state index contributed by atoms with van der Waals surface area (Å²) in [4.78, 5) is 58.3. The van der Waals surface area contributed by atoms with Crippen molar-refractivity contribution >= 4 is 68.4 Å². The number of halogens is 1. The van der Waals surface area contributed by atoms with E-state index in [9.17, 15) is 19.2 Å². The summed E-state index contributed by atoms with van der Waals surface area (Å²) >= 11 is 8.33. The van der Waals surface area contributed by atoms with Gasteiger partial charge in [0.1, 0.15) is 5.00 Å². The smallest absolute Gasteiger partial charge is 0.341 e. The summed E-state index contributed by atoms with van der Waals surface area (Å²) in [6.45, 7) is 3.51. The molecule has 0 aliphatic heterocycles. The molecule has 12 heteroatoms. The number of amides is 2. The lowest BCUT2D eigenvalue weighted by molar-refractivity contribution is -0.113. The van der Waals surface area contributed by atoms with E-state index in [0.717, 1.165) is 48.8 Å². The minimum Gasteiger partial charge on any atom is -0.462 e. The Balaban J connectivity index is 1.62.